The Morgan fingerprint density at radius 1 is 1.22 bits per heavy atom. The fraction of sp³-hybridized carbons (Fsp3) is 0.381. The lowest BCUT2D eigenvalue weighted by Gasteiger charge is -2.25. The molecule has 6 heteroatoms. The molecular formula is C21H25N5O. The Hall–Kier alpha value is -2.73. The molecule has 140 valence electrons. The zero-order chi connectivity index (χ0) is 18.8. The molecule has 1 saturated heterocycles. The molecule has 1 aliphatic rings. The van der Waals surface area contributed by atoms with E-state index in [1.54, 1.807) is 6.20 Å². The Balaban J connectivity index is 1.67. The van der Waals surface area contributed by atoms with Gasteiger partial charge in [0.05, 0.1) is 5.69 Å². The molecule has 0 N–H and O–H groups in total. The highest BCUT2D eigenvalue weighted by Crippen LogP contribution is 2.23. The summed E-state index contributed by atoms with van der Waals surface area (Å²) in [5.74, 6) is 0.0497. The molecule has 0 bridgehead atoms. The van der Waals surface area contributed by atoms with Gasteiger partial charge in [-0.1, -0.05) is 12.1 Å². The maximum atomic E-state index is 13.1. The molecule has 1 atom stereocenters. The van der Waals surface area contributed by atoms with Crippen LogP contribution in [0.1, 0.15) is 47.6 Å². The van der Waals surface area contributed by atoms with Crippen molar-refractivity contribution in [3.05, 3.63) is 65.9 Å². The second-order valence-electron chi connectivity index (χ2n) is 7.21. The highest BCUT2D eigenvalue weighted by molar-refractivity contribution is 5.94. The predicted octanol–water partition coefficient (Wildman–Crippen LogP) is 3.16. The molecule has 0 saturated carbocycles. The van der Waals surface area contributed by atoms with Gasteiger partial charge >= 0.3 is 0 Å². The van der Waals surface area contributed by atoms with Gasteiger partial charge in [-0.3, -0.25) is 14.7 Å². The Labute approximate surface area is 159 Å². The van der Waals surface area contributed by atoms with E-state index in [9.17, 15) is 4.79 Å². The Morgan fingerprint density at radius 2 is 2.04 bits per heavy atom. The number of carbonyl (C=O) groups excluding carboxylic acids is 1. The number of nitrogens with zero attached hydrogens (tertiary/aromatic N) is 5. The zero-order valence-corrected chi connectivity index (χ0v) is 15.9. The molecule has 0 unspecified atom stereocenters. The van der Waals surface area contributed by atoms with E-state index in [-0.39, 0.29) is 11.9 Å². The maximum absolute atomic E-state index is 13.1. The minimum atomic E-state index is 0.0497. The van der Waals surface area contributed by atoms with Gasteiger partial charge < -0.3 is 9.30 Å². The number of rotatable bonds is 5. The van der Waals surface area contributed by atoms with Crippen LogP contribution in [-0.2, 0) is 6.54 Å². The van der Waals surface area contributed by atoms with Gasteiger partial charge in [-0.25, -0.2) is 4.98 Å². The minimum Gasteiger partial charge on any atom is -0.337 e. The van der Waals surface area contributed by atoms with Crippen LogP contribution in [0.5, 0.6) is 0 Å². The number of likely N-dealkylation sites (tertiary alicyclic amines) is 1. The van der Waals surface area contributed by atoms with Gasteiger partial charge in [0.25, 0.3) is 5.91 Å². The van der Waals surface area contributed by atoms with E-state index < -0.39 is 0 Å². The number of imidazole rings is 1. The maximum Gasteiger partial charge on any atom is 0.274 e. The standard InChI is InChI=1S/C21H25N5O/c1-16(17-8-7-10-22-14-17)24(2)15-18-20(21(27)25-11-5-6-12-25)23-19-9-3-4-13-26(18)19/h3-4,7-10,13-14,16H,5-6,11-12,15H2,1-2H3/t16-/m1/s1. The summed E-state index contributed by atoms with van der Waals surface area (Å²) in [5, 5.41) is 0. The van der Waals surface area contributed by atoms with Gasteiger partial charge in [0.1, 0.15) is 5.65 Å². The lowest BCUT2D eigenvalue weighted by atomic mass is 10.1. The van der Waals surface area contributed by atoms with Crippen molar-refractivity contribution in [1.29, 1.82) is 0 Å². The molecule has 6 nitrogen and oxygen atoms in total. The molecular weight excluding hydrogens is 338 g/mol. The van der Waals surface area contributed by atoms with Crippen LogP contribution in [0.4, 0.5) is 0 Å². The van der Waals surface area contributed by atoms with Crippen LogP contribution in [-0.4, -0.2) is 50.2 Å². The van der Waals surface area contributed by atoms with Gasteiger partial charge in [-0.05, 0) is 50.6 Å². The summed E-state index contributed by atoms with van der Waals surface area (Å²) >= 11 is 0. The van der Waals surface area contributed by atoms with Crippen LogP contribution in [0.15, 0.2) is 48.9 Å². The van der Waals surface area contributed by atoms with Crippen molar-refractivity contribution in [1.82, 2.24) is 24.2 Å². The highest BCUT2D eigenvalue weighted by atomic mass is 16.2. The van der Waals surface area contributed by atoms with Crippen LogP contribution < -0.4 is 0 Å². The second-order valence-corrected chi connectivity index (χ2v) is 7.21. The number of hydrogen-bond donors (Lipinski definition) is 0. The third-order valence-electron chi connectivity index (χ3n) is 5.45. The van der Waals surface area contributed by atoms with Crippen molar-refractivity contribution in [2.24, 2.45) is 0 Å². The van der Waals surface area contributed by atoms with Crippen LogP contribution in [0.2, 0.25) is 0 Å². The molecule has 0 radical (unpaired) electrons. The lowest BCUT2D eigenvalue weighted by Crippen LogP contribution is -2.30. The fourth-order valence-corrected chi connectivity index (χ4v) is 3.69. The van der Waals surface area contributed by atoms with E-state index >= 15 is 0 Å². The van der Waals surface area contributed by atoms with E-state index in [0.717, 1.165) is 42.8 Å². The van der Waals surface area contributed by atoms with Crippen molar-refractivity contribution < 1.29 is 4.79 Å². The Bertz CT molecular complexity index is 930. The number of hydrogen-bond acceptors (Lipinski definition) is 4. The first-order valence-electron chi connectivity index (χ1n) is 9.50. The molecule has 0 aromatic carbocycles. The molecule has 1 fully saturated rings. The van der Waals surface area contributed by atoms with E-state index in [4.69, 9.17) is 0 Å². The van der Waals surface area contributed by atoms with E-state index in [2.05, 4.69) is 34.9 Å². The van der Waals surface area contributed by atoms with Crippen LogP contribution in [0.25, 0.3) is 5.65 Å². The summed E-state index contributed by atoms with van der Waals surface area (Å²) in [4.78, 5) is 26.1. The largest absolute Gasteiger partial charge is 0.337 e. The molecule has 4 rings (SSSR count). The van der Waals surface area contributed by atoms with Crippen molar-refractivity contribution in [2.45, 2.75) is 32.4 Å². The van der Waals surface area contributed by atoms with Crippen LogP contribution in [0.3, 0.4) is 0 Å². The first-order valence-corrected chi connectivity index (χ1v) is 9.50. The topological polar surface area (TPSA) is 53.7 Å². The molecule has 27 heavy (non-hydrogen) atoms. The normalized spacial score (nSPS) is 15.6. The minimum absolute atomic E-state index is 0.0497. The lowest BCUT2D eigenvalue weighted by molar-refractivity contribution is 0.0785. The van der Waals surface area contributed by atoms with Gasteiger partial charge in [-0.15, -0.1) is 0 Å². The summed E-state index contributed by atoms with van der Waals surface area (Å²) in [6.07, 6.45) is 7.82. The van der Waals surface area contributed by atoms with Gasteiger partial charge in [-0.2, -0.15) is 0 Å². The SMILES string of the molecule is C[C@H](c1cccnc1)N(C)Cc1c(C(=O)N2CCCC2)nc2ccccn12. The Morgan fingerprint density at radius 3 is 2.78 bits per heavy atom. The van der Waals surface area contributed by atoms with E-state index in [0.29, 0.717) is 12.2 Å². The molecule has 0 aliphatic carbocycles. The van der Waals surface area contributed by atoms with Crippen molar-refractivity contribution in [3.8, 4) is 0 Å². The van der Waals surface area contributed by atoms with E-state index in [1.165, 1.54) is 0 Å². The summed E-state index contributed by atoms with van der Waals surface area (Å²) < 4.78 is 2.04. The molecule has 1 aliphatic heterocycles. The fourth-order valence-electron chi connectivity index (χ4n) is 3.69. The second kappa shape index (κ2) is 7.48. The van der Waals surface area contributed by atoms with Gasteiger partial charge in [0.2, 0.25) is 0 Å². The summed E-state index contributed by atoms with van der Waals surface area (Å²) in [6.45, 7) is 4.44. The average Bonchev–Trinajstić information content (AvgIpc) is 3.36. The van der Waals surface area contributed by atoms with Crippen molar-refractivity contribution in [2.75, 3.05) is 20.1 Å². The average molecular weight is 363 g/mol. The van der Waals surface area contributed by atoms with Crippen molar-refractivity contribution >= 4 is 11.6 Å². The molecule has 4 heterocycles. The number of fused-ring (bicyclic) bond motifs is 1. The number of amides is 1. The van der Waals surface area contributed by atoms with Crippen molar-refractivity contribution in [3.63, 3.8) is 0 Å². The summed E-state index contributed by atoms with van der Waals surface area (Å²) in [6, 6.07) is 10.1. The molecule has 3 aromatic heterocycles. The first kappa shape index (κ1) is 17.7. The highest BCUT2D eigenvalue weighted by Gasteiger charge is 2.27. The number of aromatic nitrogens is 3. The molecule has 3 aromatic rings. The summed E-state index contributed by atoms with van der Waals surface area (Å²) in [5.41, 5.74) is 3.49. The number of carbonyl (C=O) groups is 1. The smallest absolute Gasteiger partial charge is 0.274 e. The predicted molar refractivity (Wildman–Crippen MR) is 104 cm³/mol. The van der Waals surface area contributed by atoms with Crippen LogP contribution in [0, 0.1) is 0 Å². The molecule has 1 amide bonds. The van der Waals surface area contributed by atoms with Gasteiger partial charge in [0.15, 0.2) is 5.69 Å². The Kier molecular flexibility index (Phi) is 4.90. The third kappa shape index (κ3) is 3.45. The first-order chi connectivity index (χ1) is 13.1. The zero-order valence-electron chi connectivity index (χ0n) is 15.9. The molecule has 0 spiro atoms. The quantitative estimate of drug-likeness (QED) is 0.699. The monoisotopic (exact) mass is 363 g/mol. The van der Waals surface area contributed by atoms with E-state index in [1.807, 2.05) is 46.0 Å². The van der Waals surface area contributed by atoms with Crippen LogP contribution >= 0.6 is 0 Å². The third-order valence-corrected chi connectivity index (χ3v) is 5.45. The summed E-state index contributed by atoms with van der Waals surface area (Å²) in [7, 11) is 2.07. The number of pyridine rings is 2. The van der Waals surface area contributed by atoms with Gasteiger partial charge in [0, 0.05) is 44.3 Å².